The average Bonchev–Trinajstić information content (AvgIpc) is 2.98. The Bertz CT molecular complexity index is 917. The number of rotatable bonds is 4. The lowest BCUT2D eigenvalue weighted by Crippen LogP contribution is -2.08. The number of nitrogens with zero attached hydrogens (tertiary/aromatic N) is 3. The molecule has 0 aliphatic carbocycles. The third-order valence-electron chi connectivity index (χ3n) is 3.98. The Morgan fingerprint density at radius 1 is 1.12 bits per heavy atom. The van der Waals surface area contributed by atoms with Gasteiger partial charge in [0.1, 0.15) is 6.61 Å². The Morgan fingerprint density at radius 2 is 1.84 bits per heavy atom. The molecule has 1 aromatic heterocycles. The monoisotopic (exact) mass is 355 g/mol. The van der Waals surface area contributed by atoms with E-state index in [1.807, 2.05) is 50.2 Å². The Balaban J connectivity index is 1.76. The minimum absolute atomic E-state index is 0.196. The molecule has 0 bridgehead atoms. The van der Waals surface area contributed by atoms with E-state index < -0.39 is 5.97 Å². The highest BCUT2D eigenvalue weighted by Gasteiger charge is 2.19. The lowest BCUT2D eigenvalue weighted by atomic mass is 10.2. The van der Waals surface area contributed by atoms with E-state index in [-0.39, 0.29) is 12.3 Å². The molecule has 2 aromatic carbocycles. The Kier molecular flexibility index (Phi) is 4.86. The van der Waals surface area contributed by atoms with Gasteiger partial charge in [0.05, 0.1) is 11.4 Å². The number of halogens is 1. The molecule has 1 heterocycles. The minimum Gasteiger partial charge on any atom is -0.456 e. The molecule has 0 atom stereocenters. The highest BCUT2D eigenvalue weighted by atomic mass is 35.5. The van der Waals surface area contributed by atoms with Crippen molar-refractivity contribution in [1.82, 2.24) is 15.0 Å². The van der Waals surface area contributed by atoms with E-state index in [9.17, 15) is 4.79 Å². The topological polar surface area (TPSA) is 57.0 Å². The summed E-state index contributed by atoms with van der Waals surface area (Å²) in [5.74, 6) is -0.498. The van der Waals surface area contributed by atoms with E-state index in [2.05, 4.69) is 10.3 Å². The summed E-state index contributed by atoms with van der Waals surface area (Å²) < 4.78 is 6.92. The highest BCUT2D eigenvalue weighted by Crippen LogP contribution is 2.21. The Hall–Kier alpha value is -2.66. The predicted octanol–water partition coefficient (Wildman–Crippen LogP) is 4.20. The number of aromatic nitrogens is 3. The second-order valence-electron chi connectivity index (χ2n) is 5.93. The summed E-state index contributed by atoms with van der Waals surface area (Å²) in [6.07, 6.45) is 0. The SMILES string of the molecule is Cc1ccc(COC(=O)c2nnn(-c3ccc(C)c(Cl)c3)c2C)cc1. The van der Waals surface area contributed by atoms with Crippen LogP contribution in [0.5, 0.6) is 0 Å². The molecule has 128 valence electrons. The number of carbonyl (C=O) groups is 1. The van der Waals surface area contributed by atoms with E-state index >= 15 is 0 Å². The normalized spacial score (nSPS) is 10.7. The van der Waals surface area contributed by atoms with Crippen LogP contribution in [-0.4, -0.2) is 21.0 Å². The quantitative estimate of drug-likeness (QED) is 0.658. The number of hydrogen-bond donors (Lipinski definition) is 0. The maximum Gasteiger partial charge on any atom is 0.361 e. The number of aryl methyl sites for hydroxylation is 2. The van der Waals surface area contributed by atoms with Crippen LogP contribution in [0.2, 0.25) is 5.02 Å². The number of ether oxygens (including phenoxy) is 1. The van der Waals surface area contributed by atoms with Crippen LogP contribution in [0.1, 0.15) is 32.9 Å². The molecule has 0 saturated carbocycles. The molecule has 6 heteroatoms. The third kappa shape index (κ3) is 3.72. The molecule has 0 spiro atoms. The maximum absolute atomic E-state index is 12.3. The van der Waals surface area contributed by atoms with Crippen LogP contribution >= 0.6 is 11.6 Å². The first-order valence-corrected chi connectivity index (χ1v) is 8.25. The zero-order valence-corrected chi connectivity index (χ0v) is 15.0. The first kappa shape index (κ1) is 17.2. The standard InChI is InChI=1S/C19H18ClN3O2/c1-12-4-7-15(8-5-12)11-25-19(24)18-14(3)23(22-21-18)16-9-6-13(2)17(20)10-16/h4-10H,11H2,1-3H3. The smallest absolute Gasteiger partial charge is 0.361 e. The fourth-order valence-corrected chi connectivity index (χ4v) is 2.55. The van der Waals surface area contributed by atoms with Crippen molar-refractivity contribution >= 4 is 17.6 Å². The van der Waals surface area contributed by atoms with E-state index in [0.717, 1.165) is 22.4 Å². The van der Waals surface area contributed by atoms with Crippen molar-refractivity contribution in [3.63, 3.8) is 0 Å². The molecule has 0 unspecified atom stereocenters. The summed E-state index contributed by atoms with van der Waals surface area (Å²) in [6.45, 7) is 5.90. The van der Waals surface area contributed by atoms with Crippen LogP contribution in [0.4, 0.5) is 0 Å². The molecule has 0 saturated heterocycles. The van der Waals surface area contributed by atoms with Gasteiger partial charge < -0.3 is 4.74 Å². The molecule has 3 aromatic rings. The van der Waals surface area contributed by atoms with Crippen LogP contribution in [-0.2, 0) is 11.3 Å². The van der Waals surface area contributed by atoms with Crippen molar-refractivity contribution in [3.8, 4) is 5.69 Å². The number of esters is 1. The molecular formula is C19H18ClN3O2. The average molecular weight is 356 g/mol. The van der Waals surface area contributed by atoms with Crippen molar-refractivity contribution in [2.24, 2.45) is 0 Å². The van der Waals surface area contributed by atoms with Gasteiger partial charge in [0.15, 0.2) is 5.69 Å². The molecule has 0 radical (unpaired) electrons. The van der Waals surface area contributed by atoms with Crippen molar-refractivity contribution in [3.05, 3.63) is 75.6 Å². The van der Waals surface area contributed by atoms with Gasteiger partial charge in [-0.15, -0.1) is 5.10 Å². The lowest BCUT2D eigenvalue weighted by Gasteiger charge is -2.06. The van der Waals surface area contributed by atoms with Gasteiger partial charge in [-0.3, -0.25) is 0 Å². The Morgan fingerprint density at radius 3 is 2.52 bits per heavy atom. The van der Waals surface area contributed by atoms with Crippen molar-refractivity contribution < 1.29 is 9.53 Å². The van der Waals surface area contributed by atoms with Crippen LogP contribution in [0.15, 0.2) is 42.5 Å². The van der Waals surface area contributed by atoms with Gasteiger partial charge >= 0.3 is 5.97 Å². The fourth-order valence-electron chi connectivity index (χ4n) is 2.38. The number of hydrogen-bond acceptors (Lipinski definition) is 4. The van der Waals surface area contributed by atoms with Crippen molar-refractivity contribution in [2.45, 2.75) is 27.4 Å². The first-order valence-electron chi connectivity index (χ1n) is 7.87. The van der Waals surface area contributed by atoms with Crippen LogP contribution in [0, 0.1) is 20.8 Å². The van der Waals surface area contributed by atoms with E-state index in [4.69, 9.17) is 16.3 Å². The lowest BCUT2D eigenvalue weighted by molar-refractivity contribution is 0.0464. The zero-order valence-electron chi connectivity index (χ0n) is 14.3. The van der Waals surface area contributed by atoms with Crippen molar-refractivity contribution in [2.75, 3.05) is 0 Å². The zero-order chi connectivity index (χ0) is 18.0. The largest absolute Gasteiger partial charge is 0.456 e. The van der Waals surface area contributed by atoms with Crippen LogP contribution < -0.4 is 0 Å². The third-order valence-corrected chi connectivity index (χ3v) is 4.39. The van der Waals surface area contributed by atoms with Gasteiger partial charge in [0, 0.05) is 5.02 Å². The summed E-state index contributed by atoms with van der Waals surface area (Å²) in [4.78, 5) is 12.3. The Labute approximate surface area is 151 Å². The summed E-state index contributed by atoms with van der Waals surface area (Å²) >= 11 is 6.16. The molecule has 0 fully saturated rings. The summed E-state index contributed by atoms with van der Waals surface area (Å²) in [7, 11) is 0. The second-order valence-corrected chi connectivity index (χ2v) is 6.34. The summed E-state index contributed by atoms with van der Waals surface area (Å²) in [5, 5.41) is 8.65. The second kappa shape index (κ2) is 7.07. The summed E-state index contributed by atoms with van der Waals surface area (Å²) in [6, 6.07) is 13.4. The van der Waals surface area contributed by atoms with Gasteiger partial charge in [-0.2, -0.15) is 0 Å². The molecule has 0 amide bonds. The van der Waals surface area contributed by atoms with Crippen LogP contribution in [0.3, 0.4) is 0 Å². The van der Waals surface area contributed by atoms with Gasteiger partial charge in [0.25, 0.3) is 0 Å². The van der Waals surface area contributed by atoms with Gasteiger partial charge in [-0.1, -0.05) is 52.7 Å². The minimum atomic E-state index is -0.498. The molecule has 0 N–H and O–H groups in total. The fraction of sp³-hybridized carbons (Fsp3) is 0.211. The van der Waals surface area contributed by atoms with E-state index in [1.165, 1.54) is 0 Å². The number of benzene rings is 2. The maximum atomic E-state index is 12.3. The van der Waals surface area contributed by atoms with Gasteiger partial charge in [-0.25, -0.2) is 9.48 Å². The molecule has 0 aliphatic rings. The molecule has 0 aliphatic heterocycles. The van der Waals surface area contributed by atoms with Gasteiger partial charge in [-0.05, 0) is 44.0 Å². The predicted molar refractivity (Wildman–Crippen MR) is 96.1 cm³/mol. The number of carbonyl (C=O) groups excluding carboxylic acids is 1. The van der Waals surface area contributed by atoms with E-state index in [1.54, 1.807) is 17.7 Å². The molecule has 3 rings (SSSR count). The van der Waals surface area contributed by atoms with Gasteiger partial charge in [0.2, 0.25) is 0 Å². The molecule has 25 heavy (non-hydrogen) atoms. The first-order chi connectivity index (χ1) is 12.0. The molecular weight excluding hydrogens is 338 g/mol. The van der Waals surface area contributed by atoms with E-state index in [0.29, 0.717) is 10.7 Å². The summed E-state index contributed by atoms with van der Waals surface area (Å²) in [5.41, 5.74) is 4.61. The van der Waals surface area contributed by atoms with Crippen molar-refractivity contribution in [1.29, 1.82) is 0 Å². The molecule has 5 nitrogen and oxygen atoms in total. The van der Waals surface area contributed by atoms with Crippen LogP contribution in [0.25, 0.3) is 5.69 Å². The highest BCUT2D eigenvalue weighted by molar-refractivity contribution is 6.31.